The van der Waals surface area contributed by atoms with Crippen LogP contribution >= 0.6 is 0 Å². The molecular formula is C24H27NO6. The molecule has 0 bridgehead atoms. The van der Waals surface area contributed by atoms with Crippen LogP contribution < -0.4 is 23.7 Å². The molecule has 0 aliphatic carbocycles. The maximum absolute atomic E-state index is 13.3. The van der Waals surface area contributed by atoms with Gasteiger partial charge in [-0.15, -0.1) is 0 Å². The third-order valence-electron chi connectivity index (χ3n) is 5.70. The van der Waals surface area contributed by atoms with E-state index in [9.17, 15) is 4.79 Å². The first-order valence-corrected chi connectivity index (χ1v) is 10.2. The van der Waals surface area contributed by atoms with Gasteiger partial charge in [-0.25, -0.2) is 0 Å². The van der Waals surface area contributed by atoms with E-state index in [0.29, 0.717) is 53.4 Å². The summed E-state index contributed by atoms with van der Waals surface area (Å²) in [4.78, 5) is 15.4. The summed E-state index contributed by atoms with van der Waals surface area (Å²) in [6.07, 6.45) is 1.68. The highest BCUT2D eigenvalue weighted by molar-refractivity contribution is 6.16. The Morgan fingerprint density at radius 3 is 2.35 bits per heavy atom. The first-order chi connectivity index (χ1) is 14.9. The maximum atomic E-state index is 13.3. The van der Waals surface area contributed by atoms with Crippen molar-refractivity contribution < 1.29 is 28.5 Å². The average Bonchev–Trinajstić information content (AvgIpc) is 3.10. The number of ether oxygens (including phenoxy) is 5. The lowest BCUT2D eigenvalue weighted by Gasteiger charge is -2.32. The monoisotopic (exact) mass is 425 g/mol. The topological polar surface area (TPSA) is 66.5 Å². The summed E-state index contributed by atoms with van der Waals surface area (Å²) < 4.78 is 28.3. The molecule has 2 aliphatic rings. The highest BCUT2D eigenvalue weighted by atomic mass is 16.5. The Hall–Kier alpha value is -3.19. The SMILES string of the molecule is COc1cc(OC)c(OC)cc1/C=C1\Oc2c3c(cc(C)c2C1=O)OCN(C(C)C)C3. The second-order valence-corrected chi connectivity index (χ2v) is 7.88. The predicted molar refractivity (Wildman–Crippen MR) is 116 cm³/mol. The molecule has 2 aromatic rings. The molecule has 0 fully saturated rings. The van der Waals surface area contributed by atoms with Crippen molar-refractivity contribution in [3.63, 3.8) is 0 Å². The smallest absolute Gasteiger partial charge is 0.232 e. The van der Waals surface area contributed by atoms with Crippen molar-refractivity contribution in [3.05, 3.63) is 46.2 Å². The van der Waals surface area contributed by atoms with Crippen LogP contribution in [0.1, 0.15) is 40.9 Å². The Bertz CT molecular complexity index is 1070. The fourth-order valence-electron chi connectivity index (χ4n) is 3.89. The Kier molecular flexibility index (Phi) is 5.54. The van der Waals surface area contributed by atoms with Crippen LogP contribution in [0.15, 0.2) is 24.0 Å². The molecule has 31 heavy (non-hydrogen) atoms. The van der Waals surface area contributed by atoms with Crippen molar-refractivity contribution in [2.45, 2.75) is 33.4 Å². The van der Waals surface area contributed by atoms with Crippen molar-refractivity contribution in [2.75, 3.05) is 28.1 Å². The van der Waals surface area contributed by atoms with Gasteiger partial charge < -0.3 is 23.7 Å². The molecule has 0 aromatic heterocycles. The van der Waals surface area contributed by atoms with E-state index >= 15 is 0 Å². The Labute approximate surface area is 182 Å². The quantitative estimate of drug-likeness (QED) is 0.665. The molecule has 0 radical (unpaired) electrons. The van der Waals surface area contributed by atoms with E-state index in [2.05, 4.69) is 18.7 Å². The summed E-state index contributed by atoms with van der Waals surface area (Å²) in [5.74, 6) is 3.05. The molecule has 2 aliphatic heterocycles. The number of rotatable bonds is 5. The second kappa shape index (κ2) is 8.15. The molecule has 4 rings (SSSR count). The Morgan fingerprint density at radius 2 is 1.71 bits per heavy atom. The summed E-state index contributed by atoms with van der Waals surface area (Å²) in [6, 6.07) is 5.72. The zero-order valence-electron chi connectivity index (χ0n) is 18.7. The van der Waals surface area contributed by atoms with E-state index in [1.807, 2.05) is 13.0 Å². The van der Waals surface area contributed by atoms with Crippen LogP contribution in [0, 0.1) is 6.92 Å². The van der Waals surface area contributed by atoms with Gasteiger partial charge in [-0.3, -0.25) is 9.69 Å². The summed E-state index contributed by atoms with van der Waals surface area (Å²) in [6.45, 7) is 7.31. The number of methoxy groups -OCH3 is 3. The molecule has 0 unspecified atom stereocenters. The van der Waals surface area contributed by atoms with E-state index in [4.69, 9.17) is 23.7 Å². The van der Waals surface area contributed by atoms with E-state index in [0.717, 1.165) is 16.9 Å². The van der Waals surface area contributed by atoms with E-state index < -0.39 is 0 Å². The number of carbonyl (C=O) groups excluding carboxylic acids is 1. The number of ketones is 1. The average molecular weight is 425 g/mol. The van der Waals surface area contributed by atoms with Gasteiger partial charge in [0.1, 0.15) is 24.0 Å². The van der Waals surface area contributed by atoms with Crippen molar-refractivity contribution in [1.29, 1.82) is 0 Å². The van der Waals surface area contributed by atoms with E-state index in [-0.39, 0.29) is 11.5 Å². The minimum atomic E-state index is -0.159. The number of hydrogen-bond donors (Lipinski definition) is 0. The molecule has 2 aromatic carbocycles. The van der Waals surface area contributed by atoms with Crippen LogP contribution in [0.5, 0.6) is 28.7 Å². The summed E-state index contributed by atoms with van der Waals surface area (Å²) in [5, 5.41) is 0. The molecule has 0 N–H and O–H groups in total. The summed E-state index contributed by atoms with van der Waals surface area (Å²) in [5.41, 5.74) is 2.97. The highest BCUT2D eigenvalue weighted by Gasteiger charge is 2.36. The van der Waals surface area contributed by atoms with Gasteiger partial charge in [-0.2, -0.15) is 0 Å². The van der Waals surface area contributed by atoms with Crippen LogP contribution in [0.25, 0.3) is 6.08 Å². The first kappa shape index (κ1) is 21.1. The molecule has 0 atom stereocenters. The zero-order valence-corrected chi connectivity index (χ0v) is 18.7. The number of allylic oxidation sites excluding steroid dienone is 1. The fourth-order valence-corrected chi connectivity index (χ4v) is 3.89. The molecule has 0 saturated heterocycles. The number of fused-ring (bicyclic) bond motifs is 3. The second-order valence-electron chi connectivity index (χ2n) is 7.88. The number of hydrogen-bond acceptors (Lipinski definition) is 7. The summed E-state index contributed by atoms with van der Waals surface area (Å²) in [7, 11) is 4.68. The molecule has 7 heteroatoms. The molecule has 7 nitrogen and oxygen atoms in total. The predicted octanol–water partition coefficient (Wildman–Crippen LogP) is 4.20. The third kappa shape index (κ3) is 3.59. The molecule has 0 saturated carbocycles. The van der Waals surface area contributed by atoms with Gasteiger partial charge in [0.2, 0.25) is 5.78 Å². The van der Waals surface area contributed by atoms with Crippen molar-refractivity contribution in [2.24, 2.45) is 0 Å². The standard InChI is InChI=1S/C24H27NO6/c1-13(2)25-11-16-18(30-12-25)7-14(3)22-23(26)21(31-24(16)22)9-15-8-19(28-5)20(29-6)10-17(15)27-4/h7-10,13H,11-12H2,1-6H3/b21-9-. The lowest BCUT2D eigenvalue weighted by Crippen LogP contribution is -2.37. The van der Waals surface area contributed by atoms with Crippen LogP contribution in [0.3, 0.4) is 0 Å². The van der Waals surface area contributed by atoms with Gasteiger partial charge in [0.25, 0.3) is 0 Å². The largest absolute Gasteiger partial charge is 0.496 e. The van der Waals surface area contributed by atoms with E-state index in [1.54, 1.807) is 39.5 Å². The van der Waals surface area contributed by atoms with Gasteiger partial charge in [-0.1, -0.05) is 0 Å². The number of Topliss-reactive ketones (excluding diaryl/α,β-unsaturated/α-hetero) is 1. The molecule has 164 valence electrons. The van der Waals surface area contributed by atoms with Gasteiger partial charge in [-0.05, 0) is 44.5 Å². The number of benzene rings is 2. The van der Waals surface area contributed by atoms with Crippen LogP contribution in [-0.4, -0.2) is 44.8 Å². The van der Waals surface area contributed by atoms with Gasteiger partial charge in [0.05, 0.1) is 32.5 Å². The van der Waals surface area contributed by atoms with Gasteiger partial charge in [0, 0.05) is 24.2 Å². The van der Waals surface area contributed by atoms with Crippen molar-refractivity contribution in [1.82, 2.24) is 4.90 Å². The normalized spacial score (nSPS) is 16.6. The third-order valence-corrected chi connectivity index (χ3v) is 5.70. The molecule has 2 heterocycles. The first-order valence-electron chi connectivity index (χ1n) is 10.2. The number of nitrogens with zero attached hydrogens (tertiary/aromatic N) is 1. The minimum absolute atomic E-state index is 0.159. The van der Waals surface area contributed by atoms with Crippen LogP contribution in [-0.2, 0) is 6.54 Å². The van der Waals surface area contributed by atoms with Gasteiger partial charge in [0.15, 0.2) is 17.3 Å². The van der Waals surface area contributed by atoms with Gasteiger partial charge >= 0.3 is 0 Å². The Balaban J connectivity index is 1.78. The highest BCUT2D eigenvalue weighted by Crippen LogP contribution is 2.45. The molecule has 0 amide bonds. The van der Waals surface area contributed by atoms with Crippen LogP contribution in [0.2, 0.25) is 0 Å². The number of aryl methyl sites for hydroxylation is 1. The number of carbonyl (C=O) groups is 1. The maximum Gasteiger partial charge on any atom is 0.232 e. The molecule has 0 spiro atoms. The van der Waals surface area contributed by atoms with E-state index in [1.165, 1.54) is 0 Å². The molecular weight excluding hydrogens is 398 g/mol. The summed E-state index contributed by atoms with van der Waals surface area (Å²) >= 11 is 0. The zero-order chi connectivity index (χ0) is 22.3. The lowest BCUT2D eigenvalue weighted by molar-refractivity contribution is 0.0673. The lowest BCUT2D eigenvalue weighted by atomic mass is 9.98. The van der Waals surface area contributed by atoms with Crippen LogP contribution in [0.4, 0.5) is 0 Å². The minimum Gasteiger partial charge on any atom is -0.496 e. The fraction of sp³-hybridized carbons (Fsp3) is 0.375. The van der Waals surface area contributed by atoms with Crippen molar-refractivity contribution >= 4 is 11.9 Å². The van der Waals surface area contributed by atoms with Crippen molar-refractivity contribution in [3.8, 4) is 28.7 Å². The Morgan fingerprint density at radius 1 is 1.03 bits per heavy atom.